The fourth-order valence-corrected chi connectivity index (χ4v) is 3.87. The van der Waals surface area contributed by atoms with Gasteiger partial charge < -0.3 is 9.67 Å². The number of alkyl halides is 3. The van der Waals surface area contributed by atoms with Crippen molar-refractivity contribution in [2.75, 3.05) is 4.72 Å². The molecule has 0 bridgehead atoms. The summed E-state index contributed by atoms with van der Waals surface area (Å²) < 4.78 is 68.7. The van der Waals surface area contributed by atoms with Crippen LogP contribution in [0.2, 0.25) is 0 Å². The number of nitrogens with one attached hydrogen (secondary N) is 1. The molecule has 2 N–H and O–H groups in total. The third-order valence-corrected chi connectivity index (χ3v) is 5.69. The first kappa shape index (κ1) is 21.4. The van der Waals surface area contributed by atoms with Crippen molar-refractivity contribution in [3.8, 4) is 5.69 Å². The van der Waals surface area contributed by atoms with Crippen molar-refractivity contribution in [1.82, 2.24) is 4.57 Å². The topological polar surface area (TPSA) is 88.4 Å². The van der Waals surface area contributed by atoms with Gasteiger partial charge in [0.2, 0.25) is 0 Å². The zero-order valence-corrected chi connectivity index (χ0v) is 16.2. The quantitative estimate of drug-likeness (QED) is 0.575. The molecule has 30 heavy (non-hydrogen) atoms. The van der Waals surface area contributed by atoms with Crippen LogP contribution in [0.3, 0.4) is 0 Å². The molecular formula is C20H17F3N2O4S. The van der Waals surface area contributed by atoms with E-state index >= 15 is 0 Å². The number of aliphatic carboxylic acids is 1. The van der Waals surface area contributed by atoms with Crippen LogP contribution in [0.15, 0.2) is 71.9 Å². The second-order valence-corrected chi connectivity index (χ2v) is 8.15. The lowest BCUT2D eigenvalue weighted by molar-refractivity contribution is -0.138. The van der Waals surface area contributed by atoms with Gasteiger partial charge in [0.1, 0.15) is 0 Å². The summed E-state index contributed by atoms with van der Waals surface area (Å²) >= 11 is 0. The molecule has 3 aromatic rings. The maximum atomic E-state index is 13.1. The minimum Gasteiger partial charge on any atom is -0.481 e. The number of hydrogen-bond acceptors (Lipinski definition) is 3. The van der Waals surface area contributed by atoms with Crippen LogP contribution >= 0.6 is 0 Å². The Balaban J connectivity index is 1.94. The van der Waals surface area contributed by atoms with Crippen LogP contribution in [0.25, 0.3) is 5.69 Å². The Hall–Kier alpha value is -3.27. The number of aromatic nitrogens is 1. The molecule has 0 unspecified atom stereocenters. The summed E-state index contributed by atoms with van der Waals surface area (Å²) in [5.41, 5.74) is -0.353. The number of anilines is 1. The zero-order chi connectivity index (χ0) is 21.9. The van der Waals surface area contributed by atoms with Crippen LogP contribution in [0.4, 0.5) is 18.9 Å². The minimum absolute atomic E-state index is 0.102. The van der Waals surface area contributed by atoms with E-state index in [9.17, 15) is 26.4 Å². The summed E-state index contributed by atoms with van der Waals surface area (Å²) in [6.45, 7) is 0. The van der Waals surface area contributed by atoms with Crippen molar-refractivity contribution in [2.24, 2.45) is 0 Å². The molecule has 0 amide bonds. The Labute approximate surface area is 170 Å². The van der Waals surface area contributed by atoms with Gasteiger partial charge in [-0.25, -0.2) is 8.42 Å². The van der Waals surface area contributed by atoms with Crippen LogP contribution in [0.5, 0.6) is 0 Å². The van der Waals surface area contributed by atoms with Crippen LogP contribution in [-0.2, 0) is 27.4 Å². The average molecular weight is 438 g/mol. The number of aryl methyl sites for hydroxylation is 1. The number of carboxylic acids is 1. The van der Waals surface area contributed by atoms with E-state index in [4.69, 9.17) is 5.11 Å². The van der Waals surface area contributed by atoms with Crippen LogP contribution in [0, 0.1) is 0 Å². The molecule has 0 saturated carbocycles. The molecule has 2 aromatic carbocycles. The molecule has 0 radical (unpaired) electrons. The highest BCUT2D eigenvalue weighted by Gasteiger charge is 2.31. The van der Waals surface area contributed by atoms with Gasteiger partial charge >= 0.3 is 12.1 Å². The number of nitrogens with zero attached hydrogens (tertiary/aromatic N) is 1. The summed E-state index contributed by atoms with van der Waals surface area (Å²) in [4.78, 5) is 10.5. The molecule has 1 heterocycles. The number of carbonyl (C=O) groups is 1. The fraction of sp³-hybridized carbons (Fsp3) is 0.150. The van der Waals surface area contributed by atoms with Gasteiger partial charge in [-0.2, -0.15) is 13.2 Å². The van der Waals surface area contributed by atoms with Crippen molar-refractivity contribution in [3.63, 3.8) is 0 Å². The summed E-state index contributed by atoms with van der Waals surface area (Å²) in [5, 5.41) is 8.72. The van der Waals surface area contributed by atoms with E-state index in [1.807, 2.05) is 0 Å². The van der Waals surface area contributed by atoms with Crippen LogP contribution in [0.1, 0.15) is 17.5 Å². The average Bonchev–Trinajstić information content (AvgIpc) is 3.20. The molecular weight excluding hydrogens is 421 g/mol. The number of benzene rings is 2. The fourth-order valence-electron chi connectivity index (χ4n) is 2.80. The van der Waals surface area contributed by atoms with Crippen molar-refractivity contribution in [3.05, 3.63) is 78.1 Å². The number of sulfonamides is 1. The van der Waals surface area contributed by atoms with E-state index in [-0.39, 0.29) is 29.1 Å². The van der Waals surface area contributed by atoms with E-state index in [0.717, 1.165) is 12.1 Å². The predicted octanol–water partition coefficient (Wildman–Crippen LogP) is 4.31. The molecule has 0 aliphatic heterocycles. The highest BCUT2D eigenvalue weighted by Crippen LogP contribution is 2.34. The van der Waals surface area contributed by atoms with E-state index in [0.29, 0.717) is 5.56 Å². The highest BCUT2D eigenvalue weighted by atomic mass is 32.2. The third kappa shape index (κ3) is 5.01. The molecule has 0 atom stereocenters. The molecule has 6 nitrogen and oxygen atoms in total. The zero-order valence-electron chi connectivity index (χ0n) is 15.4. The van der Waals surface area contributed by atoms with Gasteiger partial charge in [0, 0.05) is 18.8 Å². The van der Waals surface area contributed by atoms with Crippen LogP contribution in [-0.4, -0.2) is 24.1 Å². The summed E-state index contributed by atoms with van der Waals surface area (Å²) in [6, 6.07) is 11.6. The maximum absolute atomic E-state index is 13.1. The van der Waals surface area contributed by atoms with Gasteiger partial charge in [0.25, 0.3) is 10.0 Å². The lowest BCUT2D eigenvalue weighted by atomic mass is 10.1. The Morgan fingerprint density at radius 2 is 1.67 bits per heavy atom. The summed E-state index contributed by atoms with van der Waals surface area (Å²) in [5.74, 6) is -0.976. The van der Waals surface area contributed by atoms with E-state index in [2.05, 4.69) is 4.72 Å². The number of halogens is 3. The predicted molar refractivity (Wildman–Crippen MR) is 104 cm³/mol. The SMILES string of the molecule is O=C(O)CCc1ccc(S(=O)(=O)Nc2cc(C(F)(F)F)ccc2-n2cccc2)cc1. The molecule has 3 rings (SSSR count). The Morgan fingerprint density at radius 1 is 1.03 bits per heavy atom. The van der Waals surface area contributed by atoms with Crippen molar-refractivity contribution >= 4 is 21.7 Å². The largest absolute Gasteiger partial charge is 0.481 e. The van der Waals surface area contributed by atoms with E-state index in [1.165, 1.54) is 34.9 Å². The van der Waals surface area contributed by atoms with Crippen molar-refractivity contribution < 1.29 is 31.5 Å². The van der Waals surface area contributed by atoms with Gasteiger partial charge in [-0.15, -0.1) is 0 Å². The van der Waals surface area contributed by atoms with Gasteiger partial charge in [0.15, 0.2) is 0 Å². The number of carboxylic acid groups (broad SMARTS) is 1. The van der Waals surface area contributed by atoms with Gasteiger partial charge in [-0.1, -0.05) is 12.1 Å². The van der Waals surface area contributed by atoms with Gasteiger partial charge in [-0.05, 0) is 54.4 Å². The lowest BCUT2D eigenvalue weighted by Crippen LogP contribution is -2.16. The highest BCUT2D eigenvalue weighted by molar-refractivity contribution is 7.92. The molecule has 1 aromatic heterocycles. The Kier molecular flexibility index (Phi) is 5.88. The maximum Gasteiger partial charge on any atom is 0.416 e. The molecule has 10 heteroatoms. The van der Waals surface area contributed by atoms with Crippen molar-refractivity contribution in [1.29, 1.82) is 0 Å². The molecule has 158 valence electrons. The normalized spacial score (nSPS) is 12.0. The molecule has 0 saturated heterocycles. The smallest absolute Gasteiger partial charge is 0.416 e. The summed E-state index contributed by atoms with van der Waals surface area (Å²) in [7, 11) is -4.18. The van der Waals surface area contributed by atoms with Gasteiger partial charge in [-0.3, -0.25) is 9.52 Å². The first-order valence-electron chi connectivity index (χ1n) is 8.74. The first-order chi connectivity index (χ1) is 14.1. The molecule has 0 aliphatic rings. The van der Waals surface area contributed by atoms with Crippen LogP contribution < -0.4 is 4.72 Å². The van der Waals surface area contributed by atoms with E-state index in [1.54, 1.807) is 24.5 Å². The Morgan fingerprint density at radius 3 is 2.23 bits per heavy atom. The Bertz CT molecular complexity index is 1140. The lowest BCUT2D eigenvalue weighted by Gasteiger charge is -2.16. The first-order valence-corrected chi connectivity index (χ1v) is 10.2. The number of rotatable bonds is 7. The van der Waals surface area contributed by atoms with Crippen molar-refractivity contribution in [2.45, 2.75) is 23.9 Å². The molecule has 0 spiro atoms. The summed E-state index contributed by atoms with van der Waals surface area (Å²) in [6.07, 6.45) is -1.35. The third-order valence-electron chi connectivity index (χ3n) is 4.31. The number of hydrogen-bond donors (Lipinski definition) is 2. The molecule has 0 aliphatic carbocycles. The van der Waals surface area contributed by atoms with E-state index < -0.39 is 27.7 Å². The minimum atomic E-state index is -4.64. The monoisotopic (exact) mass is 438 g/mol. The van der Waals surface area contributed by atoms with Gasteiger partial charge in [0.05, 0.1) is 21.8 Å². The second kappa shape index (κ2) is 8.23. The standard InChI is InChI=1S/C20H17F3N2O4S/c21-20(22,23)15-6-9-18(25-11-1-2-12-25)17(13-15)24-30(28,29)16-7-3-14(4-8-16)5-10-19(26)27/h1-4,6-9,11-13,24H,5,10H2,(H,26,27). The molecule has 0 fully saturated rings. The second-order valence-electron chi connectivity index (χ2n) is 6.46.